The molecular formula is C51H86N2O16. The maximum atomic E-state index is 13.6. The number of aldehydes is 1. The number of hydrogen-bond acceptors (Lipinski definition) is 18. The van der Waals surface area contributed by atoms with Crippen molar-refractivity contribution >= 4 is 24.2 Å². The van der Waals surface area contributed by atoms with Gasteiger partial charge in [-0.05, 0) is 99.8 Å². The van der Waals surface area contributed by atoms with Crippen LogP contribution in [0.25, 0.3) is 0 Å². The van der Waals surface area contributed by atoms with E-state index in [0.717, 1.165) is 12.7 Å². The molecule has 18 heteroatoms. The van der Waals surface area contributed by atoms with E-state index in [9.17, 15) is 29.4 Å². The number of carbonyl (C=O) groups excluding carboxylic acids is 4. The highest BCUT2D eigenvalue weighted by atomic mass is 16.7. The van der Waals surface area contributed by atoms with Crippen LogP contribution in [0, 0.1) is 17.8 Å². The van der Waals surface area contributed by atoms with Gasteiger partial charge in [-0.25, -0.2) is 0 Å². The predicted octanol–water partition coefficient (Wildman–Crippen LogP) is 4.88. The summed E-state index contributed by atoms with van der Waals surface area (Å²) in [4.78, 5) is 56.1. The molecule has 0 saturated carbocycles. The highest BCUT2D eigenvalue weighted by Gasteiger charge is 2.53. The summed E-state index contributed by atoms with van der Waals surface area (Å²) in [6, 6.07) is -0.551. The van der Waals surface area contributed by atoms with Crippen molar-refractivity contribution in [3.8, 4) is 0 Å². The molecule has 2 N–H and O–H groups in total. The van der Waals surface area contributed by atoms with E-state index in [-0.39, 0.29) is 56.1 Å². The lowest BCUT2D eigenvalue weighted by Gasteiger charge is -2.50. The maximum absolute atomic E-state index is 13.6. The van der Waals surface area contributed by atoms with Gasteiger partial charge in [0.05, 0.1) is 43.0 Å². The second-order valence-electron chi connectivity index (χ2n) is 20.7. The van der Waals surface area contributed by atoms with Crippen LogP contribution in [0.5, 0.6) is 0 Å². The number of ether oxygens (including phenoxy) is 10. The number of nitrogens with zero attached hydrogens (tertiary/aromatic N) is 2. The van der Waals surface area contributed by atoms with E-state index in [1.807, 2.05) is 66.1 Å². The molecule has 19 atom stereocenters. The number of carbonyl (C=O) groups is 4. The number of hydrogen-bond donors (Lipinski definition) is 2. The Morgan fingerprint density at radius 2 is 1.58 bits per heavy atom. The van der Waals surface area contributed by atoms with Gasteiger partial charge in [0.15, 0.2) is 25.0 Å². The molecule has 0 amide bonds. The van der Waals surface area contributed by atoms with E-state index >= 15 is 0 Å². The summed E-state index contributed by atoms with van der Waals surface area (Å²) in [5.74, 6) is -2.53. The van der Waals surface area contributed by atoms with E-state index in [1.54, 1.807) is 53.6 Å². The summed E-state index contributed by atoms with van der Waals surface area (Å²) in [6.07, 6.45) is -1.73. The normalized spacial score (nSPS) is 39.8. The summed E-state index contributed by atoms with van der Waals surface area (Å²) in [5.41, 5.74) is -1.51. The Bertz CT molecular complexity index is 1680. The van der Waals surface area contributed by atoms with Crippen molar-refractivity contribution in [3.63, 3.8) is 0 Å². The minimum absolute atomic E-state index is 0.00271. The number of likely N-dealkylation sites (N-methyl/N-ethyl adjacent to an activating group) is 2. The molecule has 0 spiro atoms. The van der Waals surface area contributed by atoms with Crippen molar-refractivity contribution in [1.82, 2.24) is 9.80 Å². The lowest BCUT2D eigenvalue weighted by atomic mass is 9.82. The average Bonchev–Trinajstić information content (AvgIpc) is 3.24. The van der Waals surface area contributed by atoms with E-state index in [2.05, 4.69) is 4.90 Å². The number of rotatable bonds is 16. The van der Waals surface area contributed by atoms with Gasteiger partial charge >= 0.3 is 17.9 Å². The summed E-state index contributed by atoms with van der Waals surface area (Å²) in [5, 5.41) is 24.0. The van der Waals surface area contributed by atoms with Crippen molar-refractivity contribution in [2.24, 2.45) is 17.8 Å². The zero-order chi connectivity index (χ0) is 51.3. The lowest BCUT2D eigenvalue weighted by Crippen LogP contribution is -2.66. The molecular weight excluding hydrogens is 897 g/mol. The van der Waals surface area contributed by atoms with Gasteiger partial charge in [-0.2, -0.15) is 0 Å². The van der Waals surface area contributed by atoms with Crippen LogP contribution < -0.4 is 0 Å². The number of methoxy groups -OCH3 is 1. The molecule has 4 aliphatic heterocycles. The van der Waals surface area contributed by atoms with Gasteiger partial charge in [-0.3, -0.25) is 14.4 Å². The van der Waals surface area contributed by atoms with Crippen LogP contribution in [0.2, 0.25) is 0 Å². The van der Waals surface area contributed by atoms with Crippen LogP contribution in [-0.2, 0) is 66.5 Å². The zero-order valence-electron chi connectivity index (χ0n) is 43.7. The number of cyclic esters (lactones) is 1. The fourth-order valence-electron chi connectivity index (χ4n) is 10.2. The van der Waals surface area contributed by atoms with Crippen LogP contribution >= 0.6 is 0 Å². The molecule has 69 heavy (non-hydrogen) atoms. The van der Waals surface area contributed by atoms with Crippen LogP contribution in [0.1, 0.15) is 120 Å². The fourth-order valence-corrected chi connectivity index (χ4v) is 10.2. The van der Waals surface area contributed by atoms with E-state index in [1.165, 1.54) is 7.11 Å². The molecule has 0 radical (unpaired) electrons. The van der Waals surface area contributed by atoms with Gasteiger partial charge in [-0.15, -0.1) is 0 Å². The third-order valence-corrected chi connectivity index (χ3v) is 13.7. The number of esters is 3. The monoisotopic (exact) mass is 983 g/mol. The Morgan fingerprint density at radius 1 is 0.884 bits per heavy atom. The predicted molar refractivity (Wildman–Crippen MR) is 254 cm³/mol. The third-order valence-electron chi connectivity index (χ3n) is 13.7. The van der Waals surface area contributed by atoms with E-state index < -0.39 is 115 Å². The average molecular weight is 983 g/mol. The summed E-state index contributed by atoms with van der Waals surface area (Å²) in [6.45, 7) is 16.3. The van der Waals surface area contributed by atoms with Gasteiger partial charge in [0, 0.05) is 45.3 Å². The second kappa shape index (κ2) is 27.3. The smallest absolute Gasteiger partial charge is 0.309 e. The quantitative estimate of drug-likeness (QED) is 0.120. The molecule has 0 bridgehead atoms. The molecule has 4 heterocycles. The first-order valence-electron chi connectivity index (χ1n) is 25.0. The second-order valence-corrected chi connectivity index (χ2v) is 20.7. The lowest BCUT2D eigenvalue weighted by molar-refractivity contribution is -0.344. The van der Waals surface area contributed by atoms with E-state index in [4.69, 9.17) is 47.4 Å². The SMILES string of the molecule is CCC(=O)OC1CC(=O)O[C@H](C)CC=CC=CC(OC2CCC(N(C)C)C(C)O2)[C@H](C)C[C@H](CC=O)[C@H](OC2OC(C)C(OC3CC(C)(O)C(OC(=O)CC(C)C)C(C)O3)C(N(C)C)C2O)[C@H]1OC. The summed E-state index contributed by atoms with van der Waals surface area (Å²) < 4.78 is 63.0. The molecule has 4 aliphatic rings. The highest BCUT2D eigenvalue weighted by Crippen LogP contribution is 2.38. The minimum Gasteiger partial charge on any atom is -0.462 e. The molecule has 0 aliphatic carbocycles. The molecule has 3 fully saturated rings. The molecule has 0 aromatic rings. The molecule has 3 saturated heterocycles. The Hall–Kier alpha value is -2.88. The number of allylic oxidation sites excluding steroid dienone is 2. The van der Waals surface area contributed by atoms with Gasteiger partial charge in [0.25, 0.3) is 0 Å². The van der Waals surface area contributed by atoms with Crippen molar-refractivity contribution < 1.29 is 76.8 Å². The molecule has 14 unspecified atom stereocenters. The summed E-state index contributed by atoms with van der Waals surface area (Å²) >= 11 is 0. The van der Waals surface area contributed by atoms with Gasteiger partial charge < -0.3 is 72.2 Å². The van der Waals surface area contributed by atoms with Crippen molar-refractivity contribution in [2.45, 2.75) is 224 Å². The number of aliphatic hydroxyl groups is 2. The Labute approximate surface area is 410 Å². The van der Waals surface area contributed by atoms with Gasteiger partial charge in [0.2, 0.25) is 0 Å². The van der Waals surface area contributed by atoms with E-state index in [0.29, 0.717) is 19.3 Å². The molecule has 0 aromatic carbocycles. The van der Waals surface area contributed by atoms with Crippen molar-refractivity contribution in [3.05, 3.63) is 24.3 Å². The van der Waals surface area contributed by atoms with Crippen molar-refractivity contribution in [1.29, 1.82) is 0 Å². The van der Waals surface area contributed by atoms with Crippen molar-refractivity contribution in [2.75, 3.05) is 35.3 Å². The van der Waals surface area contributed by atoms with Crippen LogP contribution in [0.15, 0.2) is 24.3 Å². The first-order chi connectivity index (χ1) is 32.5. The Balaban J connectivity index is 1.71. The fraction of sp³-hybridized carbons (Fsp3) is 0.843. The van der Waals surface area contributed by atoms with Crippen LogP contribution in [0.3, 0.4) is 0 Å². The first kappa shape index (κ1) is 58.7. The maximum Gasteiger partial charge on any atom is 0.309 e. The minimum atomic E-state index is -1.51. The zero-order valence-corrected chi connectivity index (χ0v) is 43.7. The largest absolute Gasteiger partial charge is 0.462 e. The topological polar surface area (TPSA) is 208 Å². The standard InChI is InChI=1S/C51H86N2O16/c1-15-39(55)65-38-27-41(57)61-31(5)19-17-16-18-20-37(66-42-22-21-36(52(10)11)32(6)62-42)30(4)26-35(23-24-54)47(48(38)60-14)69-50-45(58)44(53(12)13)46(33(7)64-50)68-43-28-51(9,59)49(34(8)63-43)67-40(56)25-29(2)3/h16-18,20,24,29-38,42-50,58-59H,15,19,21-23,25-28H2,1-14H3/t30-,31-,32?,33?,34?,35+,36?,37?,38?,42?,43?,44?,45?,46?,47+,48+,49?,50?,51?/m1/s1. The summed E-state index contributed by atoms with van der Waals surface area (Å²) in [7, 11) is 9.03. The molecule has 4 rings (SSSR count). The Kier molecular flexibility index (Phi) is 23.2. The van der Waals surface area contributed by atoms with Gasteiger partial charge in [0.1, 0.15) is 42.4 Å². The molecule has 18 nitrogen and oxygen atoms in total. The third kappa shape index (κ3) is 16.8. The Morgan fingerprint density at radius 3 is 2.17 bits per heavy atom. The van der Waals surface area contributed by atoms with Crippen LogP contribution in [-0.4, -0.2) is 183 Å². The molecule has 0 aromatic heterocycles. The van der Waals surface area contributed by atoms with Crippen LogP contribution in [0.4, 0.5) is 0 Å². The number of aliphatic hydroxyl groups excluding tert-OH is 1. The molecule has 396 valence electrons. The highest BCUT2D eigenvalue weighted by molar-refractivity contribution is 5.72. The first-order valence-corrected chi connectivity index (χ1v) is 25.0. The van der Waals surface area contributed by atoms with Gasteiger partial charge in [-0.1, -0.05) is 52.0 Å².